The third kappa shape index (κ3) is 3.52. The van der Waals surface area contributed by atoms with Crippen LogP contribution in [0.25, 0.3) is 11.0 Å². The highest BCUT2D eigenvalue weighted by Crippen LogP contribution is 2.40. The number of carbonyl (C=O) groups excluding carboxylic acids is 1. The highest BCUT2D eigenvalue weighted by Gasteiger charge is 2.28. The standard InChI is InChI=1S/C22H21BrN6O/c1-13-20-17(11-18(15-5-6-15)25-21(20)28(2)27-13)22(30)26-19-9-10-24-29(19)12-14-3-7-16(23)8-4-14/h3-4,7-11,15H,5-6,12H2,1-2H3,(H,26,30). The number of halogens is 1. The highest BCUT2D eigenvalue weighted by molar-refractivity contribution is 9.10. The molecule has 1 aliphatic rings. The largest absolute Gasteiger partial charge is 0.307 e. The molecule has 0 bridgehead atoms. The molecule has 1 fully saturated rings. The summed E-state index contributed by atoms with van der Waals surface area (Å²) in [6.45, 7) is 2.48. The first-order valence-corrected chi connectivity index (χ1v) is 10.7. The monoisotopic (exact) mass is 464 g/mol. The number of fused-ring (bicyclic) bond motifs is 1. The van der Waals surface area contributed by atoms with Crippen LogP contribution in [0.4, 0.5) is 5.82 Å². The SMILES string of the molecule is Cc1nn(C)c2nc(C3CC3)cc(C(=O)Nc3ccnn3Cc3ccc(Br)cc3)c12. The lowest BCUT2D eigenvalue weighted by Gasteiger charge is -2.11. The number of aryl methyl sites for hydroxylation is 2. The molecule has 7 nitrogen and oxygen atoms in total. The Morgan fingerprint density at radius 2 is 2.00 bits per heavy atom. The van der Waals surface area contributed by atoms with Gasteiger partial charge in [0.25, 0.3) is 5.91 Å². The predicted octanol–water partition coefficient (Wildman–Crippen LogP) is 4.41. The van der Waals surface area contributed by atoms with Crippen molar-refractivity contribution >= 4 is 38.7 Å². The molecule has 0 radical (unpaired) electrons. The molecule has 0 saturated heterocycles. The Kier molecular flexibility index (Phi) is 4.66. The van der Waals surface area contributed by atoms with Crippen molar-refractivity contribution in [2.24, 2.45) is 7.05 Å². The van der Waals surface area contributed by atoms with Gasteiger partial charge < -0.3 is 5.32 Å². The average Bonchev–Trinajstić information content (AvgIpc) is 3.43. The zero-order chi connectivity index (χ0) is 20.8. The first-order valence-electron chi connectivity index (χ1n) is 9.91. The molecule has 8 heteroatoms. The zero-order valence-corrected chi connectivity index (χ0v) is 18.3. The van der Waals surface area contributed by atoms with Crippen LogP contribution in [0.5, 0.6) is 0 Å². The summed E-state index contributed by atoms with van der Waals surface area (Å²) in [6.07, 6.45) is 3.94. The van der Waals surface area contributed by atoms with Crippen molar-refractivity contribution in [3.05, 3.63) is 69.6 Å². The lowest BCUT2D eigenvalue weighted by molar-refractivity contribution is 0.102. The molecule has 1 amide bonds. The number of anilines is 1. The van der Waals surface area contributed by atoms with Crippen LogP contribution in [0.15, 0.2) is 47.1 Å². The first-order chi connectivity index (χ1) is 14.5. The van der Waals surface area contributed by atoms with Gasteiger partial charge in [0.1, 0.15) is 5.82 Å². The summed E-state index contributed by atoms with van der Waals surface area (Å²) in [5.74, 6) is 0.930. The molecule has 0 spiro atoms. The number of nitrogens with one attached hydrogen (secondary N) is 1. The van der Waals surface area contributed by atoms with Crippen molar-refractivity contribution in [1.82, 2.24) is 24.5 Å². The van der Waals surface area contributed by atoms with Gasteiger partial charge in [-0.25, -0.2) is 9.67 Å². The van der Waals surface area contributed by atoms with Crippen LogP contribution < -0.4 is 5.32 Å². The lowest BCUT2D eigenvalue weighted by Crippen LogP contribution is -2.17. The maximum atomic E-state index is 13.3. The molecule has 1 aliphatic carbocycles. The number of hydrogen-bond acceptors (Lipinski definition) is 4. The number of nitrogens with zero attached hydrogens (tertiary/aromatic N) is 5. The Hall–Kier alpha value is -3.00. The molecule has 0 unspecified atom stereocenters. The van der Waals surface area contributed by atoms with E-state index in [2.05, 4.69) is 31.4 Å². The van der Waals surface area contributed by atoms with Crippen molar-refractivity contribution in [3.8, 4) is 0 Å². The second-order valence-electron chi connectivity index (χ2n) is 7.73. The molecule has 1 aromatic carbocycles. The molecule has 30 heavy (non-hydrogen) atoms. The Morgan fingerprint density at radius 1 is 1.23 bits per heavy atom. The van der Waals surface area contributed by atoms with E-state index in [0.29, 0.717) is 23.8 Å². The van der Waals surface area contributed by atoms with Gasteiger partial charge in [-0.05, 0) is 43.5 Å². The average molecular weight is 465 g/mol. The van der Waals surface area contributed by atoms with E-state index in [1.807, 2.05) is 50.4 Å². The Morgan fingerprint density at radius 3 is 2.73 bits per heavy atom. The maximum absolute atomic E-state index is 13.3. The van der Waals surface area contributed by atoms with Gasteiger partial charge in [-0.2, -0.15) is 10.2 Å². The summed E-state index contributed by atoms with van der Waals surface area (Å²) >= 11 is 3.45. The minimum absolute atomic E-state index is 0.169. The van der Waals surface area contributed by atoms with Gasteiger partial charge in [-0.1, -0.05) is 28.1 Å². The molecule has 5 rings (SSSR count). The van der Waals surface area contributed by atoms with Gasteiger partial charge >= 0.3 is 0 Å². The molecular formula is C22H21BrN6O. The Balaban J connectivity index is 1.47. The molecule has 0 aliphatic heterocycles. The fourth-order valence-electron chi connectivity index (χ4n) is 3.74. The van der Waals surface area contributed by atoms with Crippen LogP contribution in [0.1, 0.15) is 46.1 Å². The second-order valence-corrected chi connectivity index (χ2v) is 8.65. The van der Waals surface area contributed by atoms with E-state index in [1.54, 1.807) is 15.6 Å². The third-order valence-corrected chi connectivity index (χ3v) is 5.96. The van der Waals surface area contributed by atoms with Crippen LogP contribution in [-0.4, -0.2) is 30.5 Å². The lowest BCUT2D eigenvalue weighted by atomic mass is 10.1. The van der Waals surface area contributed by atoms with Crippen LogP contribution in [0.3, 0.4) is 0 Å². The number of pyridine rings is 1. The summed E-state index contributed by atoms with van der Waals surface area (Å²) in [4.78, 5) is 18.1. The smallest absolute Gasteiger partial charge is 0.257 e. The highest BCUT2D eigenvalue weighted by atomic mass is 79.9. The molecule has 4 aromatic rings. The van der Waals surface area contributed by atoms with Crippen LogP contribution in [0.2, 0.25) is 0 Å². The number of amides is 1. The van der Waals surface area contributed by atoms with Crippen LogP contribution >= 0.6 is 15.9 Å². The summed E-state index contributed by atoms with van der Waals surface area (Å²) < 4.78 is 4.57. The number of rotatable bonds is 5. The first kappa shape index (κ1) is 19.0. The topological polar surface area (TPSA) is 77.6 Å². The Bertz CT molecular complexity index is 1250. The van der Waals surface area contributed by atoms with Gasteiger partial charge in [0.05, 0.1) is 29.4 Å². The zero-order valence-electron chi connectivity index (χ0n) is 16.8. The summed E-state index contributed by atoms with van der Waals surface area (Å²) in [5.41, 5.74) is 4.24. The number of hydrogen-bond donors (Lipinski definition) is 1. The molecule has 0 atom stereocenters. The molecule has 3 aromatic heterocycles. The maximum Gasteiger partial charge on any atom is 0.257 e. The van der Waals surface area contributed by atoms with Crippen molar-refractivity contribution in [2.75, 3.05) is 5.32 Å². The number of carbonyl (C=O) groups is 1. The number of aromatic nitrogens is 5. The van der Waals surface area contributed by atoms with Gasteiger partial charge in [0, 0.05) is 29.2 Å². The quantitative estimate of drug-likeness (QED) is 0.474. The van der Waals surface area contributed by atoms with E-state index in [0.717, 1.165) is 45.3 Å². The number of benzene rings is 1. The molecule has 152 valence electrons. The molecule has 1 saturated carbocycles. The summed E-state index contributed by atoms with van der Waals surface area (Å²) in [5, 5.41) is 12.7. The van der Waals surface area contributed by atoms with Gasteiger partial charge in [0.2, 0.25) is 0 Å². The van der Waals surface area contributed by atoms with Crippen molar-refractivity contribution < 1.29 is 4.79 Å². The van der Waals surface area contributed by atoms with Gasteiger partial charge in [0.15, 0.2) is 5.65 Å². The van der Waals surface area contributed by atoms with E-state index < -0.39 is 0 Å². The van der Waals surface area contributed by atoms with Gasteiger partial charge in [-0.3, -0.25) is 9.48 Å². The van der Waals surface area contributed by atoms with E-state index in [9.17, 15) is 4.79 Å². The fraction of sp³-hybridized carbons (Fsp3) is 0.273. The van der Waals surface area contributed by atoms with Gasteiger partial charge in [-0.15, -0.1) is 0 Å². The van der Waals surface area contributed by atoms with Crippen molar-refractivity contribution in [1.29, 1.82) is 0 Å². The summed E-state index contributed by atoms with van der Waals surface area (Å²) in [6, 6.07) is 11.8. The van der Waals surface area contributed by atoms with E-state index in [1.165, 1.54) is 0 Å². The Labute approximate surface area is 182 Å². The van der Waals surface area contributed by atoms with E-state index in [4.69, 9.17) is 4.98 Å². The van der Waals surface area contributed by atoms with Crippen molar-refractivity contribution in [2.45, 2.75) is 32.2 Å². The molecular weight excluding hydrogens is 444 g/mol. The minimum atomic E-state index is -0.169. The van der Waals surface area contributed by atoms with Crippen LogP contribution in [0, 0.1) is 6.92 Å². The second kappa shape index (κ2) is 7.36. The summed E-state index contributed by atoms with van der Waals surface area (Å²) in [7, 11) is 1.87. The normalized spacial score (nSPS) is 13.7. The van der Waals surface area contributed by atoms with E-state index >= 15 is 0 Å². The minimum Gasteiger partial charge on any atom is -0.307 e. The fourth-order valence-corrected chi connectivity index (χ4v) is 4.01. The predicted molar refractivity (Wildman–Crippen MR) is 119 cm³/mol. The third-order valence-electron chi connectivity index (χ3n) is 5.43. The van der Waals surface area contributed by atoms with E-state index in [-0.39, 0.29) is 5.91 Å². The van der Waals surface area contributed by atoms with Crippen LogP contribution in [-0.2, 0) is 13.6 Å². The molecule has 1 N–H and O–H groups in total. The van der Waals surface area contributed by atoms with Crippen molar-refractivity contribution in [3.63, 3.8) is 0 Å². The molecule has 3 heterocycles.